The number of nitrogens with zero attached hydrogens (tertiary/aromatic N) is 3. The first-order valence-electron chi connectivity index (χ1n) is 9.88. The van der Waals surface area contributed by atoms with Gasteiger partial charge in [-0.3, -0.25) is 0 Å². The molecule has 1 aliphatic heterocycles. The van der Waals surface area contributed by atoms with Crippen LogP contribution in [0.4, 0.5) is 10.5 Å². The fraction of sp³-hybridized carbons (Fsp3) is 0.125. The number of hydrogen-bond donors (Lipinski definition) is 1. The Morgan fingerprint density at radius 1 is 1.00 bits per heavy atom. The van der Waals surface area contributed by atoms with Crippen LogP contribution < -0.4 is 10.1 Å². The second-order valence-corrected chi connectivity index (χ2v) is 7.16. The summed E-state index contributed by atoms with van der Waals surface area (Å²) in [5.41, 5.74) is 3.46. The lowest BCUT2D eigenvalue weighted by atomic mass is 10.0. The number of carbonyl (C=O) groups is 1. The minimum Gasteiger partial charge on any atom is -0.455 e. The summed E-state index contributed by atoms with van der Waals surface area (Å²) < 4.78 is 5.95. The van der Waals surface area contributed by atoms with Crippen LogP contribution in [0.25, 0.3) is 11.0 Å². The van der Waals surface area contributed by atoms with Gasteiger partial charge in [0, 0.05) is 36.8 Å². The number of anilines is 1. The van der Waals surface area contributed by atoms with Crippen LogP contribution in [0.2, 0.25) is 0 Å². The smallest absolute Gasteiger partial charge is 0.322 e. The topological polar surface area (TPSA) is 67.3 Å². The first-order chi connectivity index (χ1) is 14.8. The Hall–Kier alpha value is -3.93. The van der Waals surface area contributed by atoms with Gasteiger partial charge >= 0.3 is 6.03 Å². The van der Waals surface area contributed by atoms with E-state index in [0.717, 1.165) is 28.0 Å². The van der Waals surface area contributed by atoms with Crippen LogP contribution in [-0.2, 0) is 13.0 Å². The van der Waals surface area contributed by atoms with Gasteiger partial charge in [0.25, 0.3) is 0 Å². The van der Waals surface area contributed by atoms with E-state index in [9.17, 15) is 4.79 Å². The number of nitrogens with one attached hydrogen (secondary N) is 1. The van der Waals surface area contributed by atoms with Gasteiger partial charge in [-0.15, -0.1) is 0 Å². The zero-order chi connectivity index (χ0) is 20.3. The molecule has 0 saturated carbocycles. The second kappa shape index (κ2) is 7.83. The number of amides is 2. The molecular formula is C24H20N4O2. The number of rotatable bonds is 3. The molecule has 0 unspecified atom stereocenters. The molecule has 0 fully saturated rings. The summed E-state index contributed by atoms with van der Waals surface area (Å²) >= 11 is 0. The molecule has 5 rings (SSSR count). The molecule has 0 aliphatic carbocycles. The Bertz CT molecular complexity index is 1210. The molecule has 0 atom stereocenters. The van der Waals surface area contributed by atoms with Crippen molar-refractivity contribution in [2.24, 2.45) is 0 Å². The fourth-order valence-electron chi connectivity index (χ4n) is 3.61. The molecule has 6 nitrogen and oxygen atoms in total. The van der Waals surface area contributed by atoms with E-state index in [2.05, 4.69) is 21.4 Å². The number of carbonyl (C=O) groups excluding carboxylic acids is 1. The fourth-order valence-corrected chi connectivity index (χ4v) is 3.61. The van der Waals surface area contributed by atoms with Crippen LogP contribution in [0.5, 0.6) is 11.5 Å². The molecule has 0 spiro atoms. The molecule has 3 heterocycles. The van der Waals surface area contributed by atoms with Crippen LogP contribution in [-0.4, -0.2) is 27.4 Å². The number of aromatic nitrogens is 2. The highest BCUT2D eigenvalue weighted by Gasteiger charge is 2.23. The average Bonchev–Trinajstić information content (AvgIpc) is 2.79. The van der Waals surface area contributed by atoms with Gasteiger partial charge in [-0.1, -0.05) is 30.3 Å². The van der Waals surface area contributed by atoms with E-state index in [1.165, 1.54) is 0 Å². The summed E-state index contributed by atoms with van der Waals surface area (Å²) in [4.78, 5) is 23.8. The number of hydrogen-bond acceptors (Lipinski definition) is 4. The average molecular weight is 396 g/mol. The van der Waals surface area contributed by atoms with E-state index in [1.807, 2.05) is 66.7 Å². The Kier molecular flexibility index (Phi) is 4.73. The third-order valence-electron chi connectivity index (χ3n) is 5.12. The van der Waals surface area contributed by atoms with E-state index in [0.29, 0.717) is 30.9 Å². The van der Waals surface area contributed by atoms with Gasteiger partial charge in [0.05, 0.1) is 5.69 Å². The predicted molar refractivity (Wildman–Crippen MR) is 116 cm³/mol. The van der Waals surface area contributed by atoms with Crippen molar-refractivity contribution in [1.29, 1.82) is 0 Å². The standard InChI is InChI=1S/C24H20N4O2/c29-24(27-21-10-4-5-11-22(21)30-19-8-2-1-3-9-19)28-14-12-20-18(16-28)15-17-7-6-13-25-23(17)26-20/h1-11,13,15H,12,14,16H2,(H,27,29). The lowest BCUT2D eigenvalue weighted by molar-refractivity contribution is 0.206. The van der Waals surface area contributed by atoms with Crippen LogP contribution in [0.1, 0.15) is 11.3 Å². The molecule has 0 bridgehead atoms. The monoisotopic (exact) mass is 396 g/mol. The summed E-state index contributed by atoms with van der Waals surface area (Å²) in [6.45, 7) is 1.12. The van der Waals surface area contributed by atoms with E-state index >= 15 is 0 Å². The normalized spacial score (nSPS) is 13.0. The van der Waals surface area contributed by atoms with Gasteiger partial charge < -0.3 is 15.0 Å². The van der Waals surface area contributed by atoms with Crippen molar-refractivity contribution in [2.75, 3.05) is 11.9 Å². The zero-order valence-corrected chi connectivity index (χ0v) is 16.3. The number of fused-ring (bicyclic) bond motifs is 2. The van der Waals surface area contributed by atoms with Crippen LogP contribution in [0, 0.1) is 0 Å². The Morgan fingerprint density at radius 3 is 2.73 bits per heavy atom. The Labute approximate surface area is 174 Å². The van der Waals surface area contributed by atoms with Crippen molar-refractivity contribution in [3.8, 4) is 11.5 Å². The minimum absolute atomic E-state index is 0.156. The Morgan fingerprint density at radius 2 is 1.83 bits per heavy atom. The molecule has 2 amide bonds. The highest BCUT2D eigenvalue weighted by atomic mass is 16.5. The van der Waals surface area contributed by atoms with Gasteiger partial charge in [-0.25, -0.2) is 14.8 Å². The van der Waals surface area contributed by atoms with E-state index in [4.69, 9.17) is 4.74 Å². The summed E-state index contributed by atoms with van der Waals surface area (Å²) in [6.07, 6.45) is 2.46. The number of urea groups is 1. The second-order valence-electron chi connectivity index (χ2n) is 7.16. The van der Waals surface area contributed by atoms with Crippen LogP contribution >= 0.6 is 0 Å². The highest BCUT2D eigenvalue weighted by Crippen LogP contribution is 2.30. The molecular weight excluding hydrogens is 376 g/mol. The summed E-state index contributed by atoms with van der Waals surface area (Å²) in [5.74, 6) is 1.32. The highest BCUT2D eigenvalue weighted by molar-refractivity contribution is 5.91. The maximum absolute atomic E-state index is 13.0. The largest absolute Gasteiger partial charge is 0.455 e. The number of benzene rings is 2. The molecule has 1 aliphatic rings. The van der Waals surface area contributed by atoms with Gasteiger partial charge in [0.15, 0.2) is 11.4 Å². The van der Waals surface area contributed by atoms with Gasteiger partial charge in [0.1, 0.15) is 5.75 Å². The molecule has 6 heteroatoms. The zero-order valence-electron chi connectivity index (χ0n) is 16.3. The quantitative estimate of drug-likeness (QED) is 0.528. The van der Waals surface area contributed by atoms with E-state index < -0.39 is 0 Å². The van der Waals surface area contributed by atoms with Gasteiger partial charge in [-0.2, -0.15) is 0 Å². The summed E-state index contributed by atoms with van der Waals surface area (Å²) in [5, 5.41) is 3.98. The number of para-hydroxylation sites is 3. The van der Waals surface area contributed by atoms with Crippen molar-refractivity contribution < 1.29 is 9.53 Å². The lowest BCUT2D eigenvalue weighted by Crippen LogP contribution is -2.39. The Balaban J connectivity index is 1.34. The van der Waals surface area contributed by atoms with Crippen molar-refractivity contribution in [3.05, 3.63) is 90.3 Å². The molecule has 4 aromatic rings. The molecule has 30 heavy (non-hydrogen) atoms. The lowest BCUT2D eigenvalue weighted by Gasteiger charge is -2.28. The predicted octanol–water partition coefficient (Wildman–Crippen LogP) is 5.01. The molecule has 2 aromatic carbocycles. The van der Waals surface area contributed by atoms with Crippen molar-refractivity contribution in [3.63, 3.8) is 0 Å². The molecule has 1 N–H and O–H groups in total. The van der Waals surface area contributed by atoms with Crippen molar-refractivity contribution in [2.45, 2.75) is 13.0 Å². The third-order valence-corrected chi connectivity index (χ3v) is 5.12. The first kappa shape index (κ1) is 18.1. The summed E-state index contributed by atoms with van der Waals surface area (Å²) in [6, 6.07) is 22.8. The van der Waals surface area contributed by atoms with Crippen LogP contribution in [0.15, 0.2) is 79.0 Å². The molecule has 0 radical (unpaired) electrons. The number of pyridine rings is 2. The number of ether oxygens (including phenoxy) is 1. The van der Waals surface area contributed by atoms with Gasteiger partial charge in [-0.05, 0) is 48.0 Å². The third kappa shape index (κ3) is 3.67. The first-order valence-corrected chi connectivity index (χ1v) is 9.88. The molecule has 0 saturated heterocycles. The SMILES string of the molecule is O=C(Nc1ccccc1Oc1ccccc1)N1CCc2nc3ncccc3cc2C1. The molecule has 148 valence electrons. The van der Waals surface area contributed by atoms with Gasteiger partial charge in [0.2, 0.25) is 0 Å². The maximum atomic E-state index is 13.0. The van der Waals surface area contributed by atoms with E-state index in [1.54, 1.807) is 11.1 Å². The maximum Gasteiger partial charge on any atom is 0.322 e. The minimum atomic E-state index is -0.156. The van der Waals surface area contributed by atoms with Crippen molar-refractivity contribution in [1.82, 2.24) is 14.9 Å². The summed E-state index contributed by atoms with van der Waals surface area (Å²) in [7, 11) is 0. The van der Waals surface area contributed by atoms with E-state index in [-0.39, 0.29) is 6.03 Å². The van der Waals surface area contributed by atoms with Crippen molar-refractivity contribution >= 4 is 22.8 Å². The van der Waals surface area contributed by atoms with Crippen LogP contribution in [0.3, 0.4) is 0 Å². The molecule has 2 aromatic heterocycles.